The Bertz CT molecular complexity index is 1980. The molecular weight excluding hydrogens is 623 g/mol. The maximum Gasteiger partial charge on any atom is 0.261 e. The Labute approximate surface area is 269 Å². The highest BCUT2D eigenvalue weighted by molar-refractivity contribution is 7.92. The number of amides is 1. The highest BCUT2D eigenvalue weighted by Gasteiger charge is 2.30. The van der Waals surface area contributed by atoms with Gasteiger partial charge in [-0.05, 0) is 86.1 Å². The third kappa shape index (κ3) is 6.94. The van der Waals surface area contributed by atoms with Gasteiger partial charge in [-0.1, -0.05) is 48.5 Å². The van der Waals surface area contributed by atoms with Crippen molar-refractivity contribution in [1.82, 2.24) is 4.90 Å². The predicted octanol–water partition coefficient (Wildman–Crippen LogP) is 5.28. The van der Waals surface area contributed by atoms with E-state index in [1.165, 1.54) is 22.7 Å². The summed E-state index contributed by atoms with van der Waals surface area (Å²) in [5.74, 6) is -0.381. The zero-order valence-corrected chi connectivity index (χ0v) is 26.9. The Kier molecular flexibility index (Phi) is 8.85. The van der Waals surface area contributed by atoms with E-state index < -0.39 is 20.0 Å². The smallest absolute Gasteiger partial charge is 0.261 e. The number of carbonyl (C=O) groups is 1. The maximum atomic E-state index is 13.5. The number of nitrogens with one attached hydrogen (secondary N) is 3. The molecule has 0 radical (unpaired) electrons. The molecule has 4 aromatic carbocycles. The summed E-state index contributed by atoms with van der Waals surface area (Å²) in [6, 6.07) is 29.4. The van der Waals surface area contributed by atoms with Crippen LogP contribution in [0.15, 0.2) is 108 Å². The molecule has 0 atom stereocenters. The van der Waals surface area contributed by atoms with Gasteiger partial charge in [-0.25, -0.2) is 16.8 Å². The van der Waals surface area contributed by atoms with Gasteiger partial charge >= 0.3 is 0 Å². The van der Waals surface area contributed by atoms with Gasteiger partial charge in [-0.3, -0.25) is 13.8 Å². The van der Waals surface area contributed by atoms with Crippen LogP contribution in [0.3, 0.4) is 0 Å². The molecule has 0 bridgehead atoms. The third-order valence-electron chi connectivity index (χ3n) is 8.03. The molecule has 1 saturated heterocycles. The van der Waals surface area contributed by atoms with Crippen LogP contribution in [0.5, 0.6) is 0 Å². The molecule has 12 heteroatoms. The second-order valence-electron chi connectivity index (χ2n) is 11.3. The number of nitrogens with zero attached hydrogens (tertiary/aromatic N) is 2. The third-order valence-corrected chi connectivity index (χ3v) is 10.6. The number of hydrogen-bond donors (Lipinski definition) is 3. The first-order chi connectivity index (χ1) is 22.1. The number of hydrogen-bond acceptors (Lipinski definition) is 7. The van der Waals surface area contributed by atoms with E-state index in [9.17, 15) is 21.6 Å². The fourth-order valence-electron chi connectivity index (χ4n) is 5.75. The van der Waals surface area contributed by atoms with E-state index in [2.05, 4.69) is 20.3 Å². The second-order valence-corrected chi connectivity index (χ2v) is 14.9. The van der Waals surface area contributed by atoms with E-state index in [4.69, 9.17) is 0 Å². The first-order valence-corrected chi connectivity index (χ1v) is 18.3. The van der Waals surface area contributed by atoms with Gasteiger partial charge < -0.3 is 15.5 Å². The summed E-state index contributed by atoms with van der Waals surface area (Å²) in [4.78, 5) is 15.8. The van der Waals surface area contributed by atoms with Gasteiger partial charge in [-0.2, -0.15) is 0 Å². The lowest BCUT2D eigenvalue weighted by Crippen LogP contribution is -2.37. The maximum absolute atomic E-state index is 13.5. The number of likely N-dealkylation sites (tertiary alicyclic amines) is 1. The number of rotatable bonds is 11. The largest absolute Gasteiger partial charge is 0.354 e. The number of anilines is 4. The molecule has 2 aliphatic heterocycles. The predicted molar refractivity (Wildman–Crippen MR) is 184 cm³/mol. The van der Waals surface area contributed by atoms with E-state index >= 15 is 0 Å². The minimum absolute atomic E-state index is 0.00987. The van der Waals surface area contributed by atoms with Crippen molar-refractivity contribution < 1.29 is 21.6 Å². The summed E-state index contributed by atoms with van der Waals surface area (Å²) in [7, 11) is -7.46. The summed E-state index contributed by atoms with van der Waals surface area (Å²) in [5, 5.41) is 6.23. The molecular formula is C34H35N5O5S2. The monoisotopic (exact) mass is 657 g/mol. The van der Waals surface area contributed by atoms with Crippen molar-refractivity contribution in [2.24, 2.45) is 0 Å². The van der Waals surface area contributed by atoms with Crippen LogP contribution in [0, 0.1) is 0 Å². The van der Waals surface area contributed by atoms with Gasteiger partial charge in [0, 0.05) is 35.7 Å². The van der Waals surface area contributed by atoms with Crippen LogP contribution in [0.4, 0.5) is 22.7 Å². The van der Waals surface area contributed by atoms with Crippen molar-refractivity contribution in [2.45, 2.75) is 17.7 Å². The molecule has 0 spiro atoms. The lowest BCUT2D eigenvalue weighted by atomic mass is 10.00. The molecule has 0 aliphatic carbocycles. The van der Waals surface area contributed by atoms with Gasteiger partial charge in [0.15, 0.2) is 0 Å². The van der Waals surface area contributed by atoms with Crippen LogP contribution in [0.25, 0.3) is 11.3 Å². The highest BCUT2D eigenvalue weighted by atomic mass is 32.2. The minimum Gasteiger partial charge on any atom is -0.354 e. The lowest BCUT2D eigenvalue weighted by Gasteiger charge is -2.25. The van der Waals surface area contributed by atoms with Crippen LogP contribution >= 0.6 is 0 Å². The topological polar surface area (TPSA) is 128 Å². The molecule has 2 aliphatic rings. The van der Waals surface area contributed by atoms with Crippen molar-refractivity contribution in [1.29, 1.82) is 0 Å². The number of carbonyl (C=O) groups excluding carboxylic acids is 1. The standard InChI is InChI=1S/C34H35N5O5S2/c1-45(41,42)39(23-22-38-20-8-9-21-38)28-16-14-26(15-17-28)35-33(25-10-4-2-5-11-25)32-30-24-29(18-19-31(30)36-34(32)40)46(43,44)37-27-12-6-3-7-13-27/h2-7,10-19,24,35,37H,8-9,20-23H2,1H3,(H,36,40). The molecule has 10 nitrogen and oxygen atoms in total. The van der Waals surface area contributed by atoms with Gasteiger partial charge in [0.25, 0.3) is 15.9 Å². The van der Waals surface area contributed by atoms with Gasteiger partial charge in [0.1, 0.15) is 0 Å². The molecule has 2 heterocycles. The van der Waals surface area contributed by atoms with Crippen LogP contribution in [0.1, 0.15) is 24.0 Å². The number of fused-ring (bicyclic) bond motifs is 1. The number of sulfonamides is 2. The SMILES string of the molecule is CS(=O)(=O)N(CCN1CCCC1)c1ccc(NC(=C2C(=O)Nc3ccc(S(=O)(=O)Nc4ccccc4)cc32)c2ccccc2)cc1. The lowest BCUT2D eigenvalue weighted by molar-refractivity contribution is -0.110. The summed E-state index contributed by atoms with van der Waals surface area (Å²) in [6.07, 6.45) is 3.46. The molecule has 0 aromatic heterocycles. The van der Waals surface area contributed by atoms with E-state index in [-0.39, 0.29) is 16.4 Å². The molecule has 6 rings (SSSR count). The van der Waals surface area contributed by atoms with Crippen molar-refractivity contribution in [3.05, 3.63) is 114 Å². The van der Waals surface area contributed by atoms with E-state index in [1.807, 2.05) is 30.3 Å². The van der Waals surface area contributed by atoms with E-state index in [1.54, 1.807) is 60.7 Å². The molecule has 1 fully saturated rings. The molecule has 1 amide bonds. The fourth-order valence-corrected chi connectivity index (χ4v) is 7.75. The Morgan fingerprint density at radius 1 is 0.826 bits per heavy atom. The summed E-state index contributed by atoms with van der Waals surface area (Å²) < 4.78 is 56.0. The Morgan fingerprint density at radius 3 is 2.13 bits per heavy atom. The number of para-hydroxylation sites is 1. The molecule has 46 heavy (non-hydrogen) atoms. The zero-order chi connectivity index (χ0) is 32.3. The normalized spacial score (nSPS) is 16.1. The Balaban J connectivity index is 1.34. The summed E-state index contributed by atoms with van der Waals surface area (Å²) >= 11 is 0. The first-order valence-electron chi connectivity index (χ1n) is 15.0. The van der Waals surface area contributed by atoms with Crippen molar-refractivity contribution in [3.63, 3.8) is 0 Å². The van der Waals surface area contributed by atoms with E-state index in [0.29, 0.717) is 52.7 Å². The van der Waals surface area contributed by atoms with Crippen LogP contribution in [-0.4, -0.2) is 60.1 Å². The molecule has 0 unspecified atom stereocenters. The Morgan fingerprint density at radius 2 is 1.48 bits per heavy atom. The summed E-state index contributed by atoms with van der Waals surface area (Å²) in [6.45, 7) is 2.97. The van der Waals surface area contributed by atoms with Crippen molar-refractivity contribution in [2.75, 3.05) is 52.1 Å². The molecule has 0 saturated carbocycles. The van der Waals surface area contributed by atoms with Gasteiger partial charge in [0.05, 0.1) is 28.1 Å². The molecule has 4 aromatic rings. The molecule has 3 N–H and O–H groups in total. The Hall–Kier alpha value is -4.65. The van der Waals surface area contributed by atoms with Crippen molar-refractivity contribution in [3.8, 4) is 0 Å². The molecule has 238 valence electrons. The van der Waals surface area contributed by atoms with Crippen LogP contribution < -0.4 is 19.7 Å². The number of benzene rings is 4. The van der Waals surface area contributed by atoms with E-state index in [0.717, 1.165) is 25.9 Å². The summed E-state index contributed by atoms with van der Waals surface area (Å²) in [5.41, 5.74) is 4.00. The quantitative estimate of drug-likeness (QED) is 0.187. The second kappa shape index (κ2) is 13.0. The fraction of sp³-hybridized carbons (Fsp3) is 0.206. The van der Waals surface area contributed by atoms with Crippen LogP contribution in [0.2, 0.25) is 0 Å². The highest BCUT2D eigenvalue weighted by Crippen LogP contribution is 2.39. The van der Waals surface area contributed by atoms with Gasteiger partial charge in [-0.15, -0.1) is 0 Å². The van der Waals surface area contributed by atoms with Crippen molar-refractivity contribution >= 4 is 60.0 Å². The minimum atomic E-state index is -3.95. The average molecular weight is 658 g/mol. The average Bonchev–Trinajstić information content (AvgIpc) is 3.67. The van der Waals surface area contributed by atoms with Gasteiger partial charge in [0.2, 0.25) is 10.0 Å². The first kappa shape index (κ1) is 31.3. The van der Waals surface area contributed by atoms with Crippen LogP contribution in [-0.2, 0) is 24.8 Å². The zero-order valence-electron chi connectivity index (χ0n) is 25.3.